The zero-order valence-electron chi connectivity index (χ0n) is 9.07. The number of thioether (sulfide) groups is 1. The van der Waals surface area contributed by atoms with E-state index in [4.69, 9.17) is 5.73 Å². The van der Waals surface area contributed by atoms with Gasteiger partial charge in [0.1, 0.15) is 0 Å². The van der Waals surface area contributed by atoms with Gasteiger partial charge in [-0.2, -0.15) is 11.8 Å². The Balaban J connectivity index is 0.00000112. The van der Waals surface area contributed by atoms with Crippen LogP contribution in [-0.4, -0.2) is 40.9 Å². The number of carbonyl (C=O) groups excluding carboxylic acids is 1. The summed E-state index contributed by atoms with van der Waals surface area (Å²) in [5, 5.41) is 0. The Bertz CT molecular complexity index is 240. The lowest BCUT2D eigenvalue weighted by atomic mass is 9.76. The Morgan fingerprint density at radius 3 is 2.60 bits per heavy atom. The van der Waals surface area contributed by atoms with E-state index in [1.54, 1.807) is 0 Å². The van der Waals surface area contributed by atoms with Crippen molar-refractivity contribution in [2.24, 2.45) is 5.73 Å². The molecule has 1 amide bonds. The lowest BCUT2D eigenvalue weighted by Gasteiger charge is -2.40. The van der Waals surface area contributed by atoms with Gasteiger partial charge in [0.25, 0.3) is 0 Å². The van der Waals surface area contributed by atoms with Gasteiger partial charge in [-0.25, -0.2) is 0 Å². The van der Waals surface area contributed by atoms with E-state index in [1.807, 2.05) is 23.7 Å². The van der Waals surface area contributed by atoms with Gasteiger partial charge in [-0.05, 0) is 31.4 Å². The molecular formula is C10H19ClN2OS. The molecule has 5 heteroatoms. The van der Waals surface area contributed by atoms with Crippen molar-refractivity contribution in [2.75, 3.05) is 18.6 Å². The molecule has 1 atom stereocenters. The summed E-state index contributed by atoms with van der Waals surface area (Å²) < 4.78 is 0. The van der Waals surface area contributed by atoms with Crippen LogP contribution in [0.5, 0.6) is 0 Å². The molecule has 1 unspecified atom stereocenters. The third-order valence-corrected chi connectivity index (χ3v) is 4.59. The van der Waals surface area contributed by atoms with Crippen molar-refractivity contribution in [3.8, 4) is 0 Å². The molecule has 1 aliphatic heterocycles. The van der Waals surface area contributed by atoms with Gasteiger partial charge < -0.3 is 10.6 Å². The topological polar surface area (TPSA) is 46.3 Å². The molecule has 0 aromatic rings. The summed E-state index contributed by atoms with van der Waals surface area (Å²) in [5.74, 6) is 2.43. The van der Waals surface area contributed by atoms with Gasteiger partial charge in [0.15, 0.2) is 0 Å². The fourth-order valence-corrected chi connectivity index (χ4v) is 3.38. The lowest BCUT2D eigenvalue weighted by molar-refractivity contribution is -0.140. The van der Waals surface area contributed by atoms with E-state index in [9.17, 15) is 4.79 Å². The van der Waals surface area contributed by atoms with E-state index >= 15 is 0 Å². The maximum absolute atomic E-state index is 12.0. The second-order valence-corrected chi connectivity index (χ2v) is 5.59. The molecular weight excluding hydrogens is 232 g/mol. The Morgan fingerprint density at radius 2 is 2.20 bits per heavy atom. The van der Waals surface area contributed by atoms with E-state index in [-0.39, 0.29) is 18.3 Å². The molecule has 15 heavy (non-hydrogen) atoms. The number of amides is 1. The first-order chi connectivity index (χ1) is 6.63. The summed E-state index contributed by atoms with van der Waals surface area (Å²) >= 11 is 1.93. The molecule has 0 bridgehead atoms. The molecule has 1 saturated carbocycles. The largest absolute Gasteiger partial charge is 0.340 e. The van der Waals surface area contributed by atoms with Crippen molar-refractivity contribution in [1.82, 2.24) is 4.90 Å². The van der Waals surface area contributed by atoms with E-state index in [0.717, 1.165) is 31.4 Å². The minimum atomic E-state index is -0.512. The highest BCUT2D eigenvalue weighted by atomic mass is 35.5. The minimum absolute atomic E-state index is 0. The highest BCUT2D eigenvalue weighted by Gasteiger charge is 2.43. The summed E-state index contributed by atoms with van der Waals surface area (Å²) in [7, 11) is 1.91. The third-order valence-electron chi connectivity index (χ3n) is 3.45. The van der Waals surface area contributed by atoms with E-state index in [2.05, 4.69) is 0 Å². The average molecular weight is 251 g/mol. The van der Waals surface area contributed by atoms with Crippen molar-refractivity contribution < 1.29 is 4.79 Å². The Morgan fingerprint density at radius 1 is 1.53 bits per heavy atom. The summed E-state index contributed by atoms with van der Waals surface area (Å²) in [6.07, 6.45) is 3.98. The fraction of sp³-hybridized carbons (Fsp3) is 0.900. The number of nitrogens with zero attached hydrogens (tertiary/aromatic N) is 1. The molecule has 1 saturated heterocycles. The Kier molecular flexibility index (Phi) is 4.32. The van der Waals surface area contributed by atoms with Crippen LogP contribution in [0, 0.1) is 0 Å². The molecule has 2 aliphatic rings. The van der Waals surface area contributed by atoms with E-state index in [0.29, 0.717) is 6.04 Å². The average Bonchev–Trinajstić information content (AvgIpc) is 2.64. The van der Waals surface area contributed by atoms with Crippen molar-refractivity contribution in [1.29, 1.82) is 0 Å². The summed E-state index contributed by atoms with van der Waals surface area (Å²) in [6.45, 7) is 0. The van der Waals surface area contributed by atoms with Crippen molar-refractivity contribution in [3.05, 3.63) is 0 Å². The lowest BCUT2D eigenvalue weighted by Crippen LogP contribution is -2.60. The standard InChI is InChI=1S/C10H18N2OS.ClH/c1-12(8-3-6-14-7-8)9(13)10(11)4-2-5-10;/h8H,2-7,11H2,1H3;1H. The molecule has 0 radical (unpaired) electrons. The van der Waals surface area contributed by atoms with Gasteiger partial charge >= 0.3 is 0 Å². The van der Waals surface area contributed by atoms with Crippen molar-refractivity contribution in [3.63, 3.8) is 0 Å². The van der Waals surface area contributed by atoms with Gasteiger partial charge in [0.05, 0.1) is 5.54 Å². The second kappa shape index (κ2) is 4.93. The summed E-state index contributed by atoms with van der Waals surface area (Å²) in [4.78, 5) is 13.9. The molecule has 88 valence electrons. The van der Waals surface area contributed by atoms with Crippen LogP contribution in [0.3, 0.4) is 0 Å². The molecule has 3 nitrogen and oxygen atoms in total. The summed E-state index contributed by atoms with van der Waals surface area (Å²) in [5.41, 5.74) is 5.50. The first-order valence-electron chi connectivity index (χ1n) is 5.27. The zero-order valence-corrected chi connectivity index (χ0v) is 10.7. The normalized spacial score (nSPS) is 27.7. The van der Waals surface area contributed by atoms with Crippen LogP contribution in [0.15, 0.2) is 0 Å². The molecule has 2 rings (SSSR count). The van der Waals surface area contributed by atoms with Crippen LogP contribution in [0.25, 0.3) is 0 Å². The van der Waals surface area contributed by atoms with Gasteiger partial charge in [0.2, 0.25) is 5.91 Å². The van der Waals surface area contributed by atoms with Crippen molar-refractivity contribution in [2.45, 2.75) is 37.3 Å². The molecule has 2 fully saturated rings. The van der Waals surface area contributed by atoms with Crippen LogP contribution in [-0.2, 0) is 4.79 Å². The SMILES string of the molecule is CN(C(=O)C1(N)CCC1)C1CCSC1.Cl. The summed E-state index contributed by atoms with van der Waals surface area (Å²) in [6, 6.07) is 0.425. The first-order valence-corrected chi connectivity index (χ1v) is 6.43. The highest BCUT2D eigenvalue weighted by molar-refractivity contribution is 7.99. The zero-order chi connectivity index (χ0) is 10.2. The number of rotatable bonds is 2. The van der Waals surface area contributed by atoms with Gasteiger partial charge in [-0.3, -0.25) is 4.79 Å². The number of halogens is 1. The Hall–Kier alpha value is 0.0700. The molecule has 1 aliphatic carbocycles. The van der Waals surface area contributed by atoms with Crippen LogP contribution < -0.4 is 5.73 Å². The number of carbonyl (C=O) groups is 1. The number of hydrogen-bond acceptors (Lipinski definition) is 3. The van der Waals surface area contributed by atoms with Crippen LogP contribution >= 0.6 is 24.2 Å². The van der Waals surface area contributed by atoms with Gasteiger partial charge in [0, 0.05) is 18.8 Å². The van der Waals surface area contributed by atoms with E-state index < -0.39 is 5.54 Å². The number of likely N-dealkylation sites (N-methyl/N-ethyl adjacent to an activating group) is 1. The predicted molar refractivity (Wildman–Crippen MR) is 66.5 cm³/mol. The maximum Gasteiger partial charge on any atom is 0.242 e. The predicted octanol–water partition coefficient (Wildman–Crippen LogP) is 1.25. The Labute approximate surface area is 102 Å². The van der Waals surface area contributed by atoms with Crippen LogP contribution in [0.1, 0.15) is 25.7 Å². The maximum atomic E-state index is 12.0. The molecule has 0 spiro atoms. The first kappa shape index (κ1) is 13.1. The molecule has 0 aromatic heterocycles. The minimum Gasteiger partial charge on any atom is -0.340 e. The smallest absolute Gasteiger partial charge is 0.242 e. The van der Waals surface area contributed by atoms with E-state index in [1.165, 1.54) is 5.75 Å². The highest BCUT2D eigenvalue weighted by Crippen LogP contribution is 2.32. The van der Waals surface area contributed by atoms with Crippen LogP contribution in [0.4, 0.5) is 0 Å². The fourth-order valence-electron chi connectivity index (χ4n) is 2.12. The monoisotopic (exact) mass is 250 g/mol. The molecule has 1 heterocycles. The van der Waals surface area contributed by atoms with Crippen molar-refractivity contribution >= 4 is 30.1 Å². The quantitative estimate of drug-likeness (QED) is 0.803. The number of nitrogens with two attached hydrogens (primary N) is 1. The van der Waals surface area contributed by atoms with Gasteiger partial charge in [-0.15, -0.1) is 12.4 Å². The third kappa shape index (κ3) is 2.43. The van der Waals surface area contributed by atoms with Crippen LogP contribution in [0.2, 0.25) is 0 Å². The molecule has 2 N–H and O–H groups in total. The second-order valence-electron chi connectivity index (χ2n) is 4.44. The van der Waals surface area contributed by atoms with Gasteiger partial charge in [-0.1, -0.05) is 0 Å². The number of hydrogen-bond donors (Lipinski definition) is 1. The molecule has 0 aromatic carbocycles.